The summed E-state index contributed by atoms with van der Waals surface area (Å²) < 4.78 is 5.13. The highest BCUT2D eigenvalue weighted by Gasteiger charge is 2.33. The molecule has 0 bridgehead atoms. The van der Waals surface area contributed by atoms with Gasteiger partial charge in [-0.3, -0.25) is 4.79 Å². The van der Waals surface area contributed by atoms with Crippen LogP contribution >= 0.6 is 0 Å². The summed E-state index contributed by atoms with van der Waals surface area (Å²) in [5.74, 6) is -0.973. The lowest BCUT2D eigenvalue weighted by molar-refractivity contribution is -0.147. The Bertz CT molecular complexity index is 703. The standard InChI is InChI=1S/C16H15N3O4/c20-15(19-6-7-23-10-13(19)16(21)22)12-8-17-14(18-9-12)11-4-2-1-3-5-11/h1-5,8-9,13H,6-7,10H2,(H,21,22). The van der Waals surface area contributed by atoms with Crippen molar-refractivity contribution in [2.75, 3.05) is 19.8 Å². The summed E-state index contributed by atoms with van der Waals surface area (Å²) in [6, 6.07) is 8.42. The van der Waals surface area contributed by atoms with Gasteiger partial charge in [-0.1, -0.05) is 30.3 Å². The molecule has 7 nitrogen and oxygen atoms in total. The van der Waals surface area contributed by atoms with Gasteiger partial charge in [0.2, 0.25) is 0 Å². The Morgan fingerprint density at radius 1 is 1.17 bits per heavy atom. The molecule has 1 saturated heterocycles. The van der Waals surface area contributed by atoms with Gasteiger partial charge in [0.05, 0.1) is 18.8 Å². The zero-order chi connectivity index (χ0) is 16.2. The van der Waals surface area contributed by atoms with Crippen molar-refractivity contribution in [3.63, 3.8) is 0 Å². The van der Waals surface area contributed by atoms with Crippen molar-refractivity contribution in [1.29, 1.82) is 0 Å². The van der Waals surface area contributed by atoms with E-state index in [9.17, 15) is 14.7 Å². The molecule has 7 heteroatoms. The van der Waals surface area contributed by atoms with Crippen LogP contribution in [0.25, 0.3) is 11.4 Å². The molecule has 1 aromatic heterocycles. The smallest absolute Gasteiger partial charge is 0.328 e. The van der Waals surface area contributed by atoms with Gasteiger partial charge in [0, 0.05) is 24.5 Å². The molecule has 1 atom stereocenters. The summed E-state index contributed by atoms with van der Waals surface area (Å²) in [4.78, 5) is 33.4. The number of ether oxygens (including phenoxy) is 1. The number of hydrogen-bond acceptors (Lipinski definition) is 5. The fraction of sp³-hybridized carbons (Fsp3) is 0.250. The summed E-state index contributed by atoms with van der Waals surface area (Å²) in [5, 5.41) is 9.19. The Morgan fingerprint density at radius 2 is 1.87 bits per heavy atom. The van der Waals surface area contributed by atoms with Crippen LogP contribution in [0.15, 0.2) is 42.7 Å². The summed E-state index contributed by atoms with van der Waals surface area (Å²) in [6.45, 7) is 0.540. The molecule has 1 aliphatic rings. The largest absolute Gasteiger partial charge is 0.480 e. The number of rotatable bonds is 3. The Kier molecular flexibility index (Phi) is 4.29. The molecule has 1 unspecified atom stereocenters. The van der Waals surface area contributed by atoms with Gasteiger partial charge in [-0.25, -0.2) is 14.8 Å². The number of carboxylic acid groups (broad SMARTS) is 1. The van der Waals surface area contributed by atoms with E-state index in [0.29, 0.717) is 12.4 Å². The number of aromatic nitrogens is 2. The van der Waals surface area contributed by atoms with Crippen molar-refractivity contribution in [1.82, 2.24) is 14.9 Å². The predicted octanol–water partition coefficient (Wildman–Crippen LogP) is 1.07. The average molecular weight is 313 g/mol. The van der Waals surface area contributed by atoms with E-state index in [2.05, 4.69) is 9.97 Å². The topological polar surface area (TPSA) is 92.6 Å². The molecule has 1 aliphatic heterocycles. The molecular weight excluding hydrogens is 298 g/mol. The molecule has 1 aromatic carbocycles. The van der Waals surface area contributed by atoms with Crippen molar-refractivity contribution in [2.45, 2.75) is 6.04 Å². The highest BCUT2D eigenvalue weighted by molar-refractivity contribution is 5.96. The number of amides is 1. The molecule has 1 amide bonds. The molecule has 0 radical (unpaired) electrons. The van der Waals surface area contributed by atoms with Crippen LogP contribution < -0.4 is 0 Å². The third kappa shape index (κ3) is 3.19. The first kappa shape index (κ1) is 15.1. The van der Waals surface area contributed by atoms with Gasteiger partial charge in [-0.15, -0.1) is 0 Å². The molecule has 118 valence electrons. The lowest BCUT2D eigenvalue weighted by Crippen LogP contribution is -2.52. The number of carboxylic acids is 1. The van der Waals surface area contributed by atoms with E-state index >= 15 is 0 Å². The monoisotopic (exact) mass is 313 g/mol. The van der Waals surface area contributed by atoms with Crippen molar-refractivity contribution in [3.05, 3.63) is 48.3 Å². The van der Waals surface area contributed by atoms with Gasteiger partial charge in [-0.2, -0.15) is 0 Å². The second-order valence-electron chi connectivity index (χ2n) is 5.09. The lowest BCUT2D eigenvalue weighted by Gasteiger charge is -2.32. The minimum absolute atomic E-state index is 0.00989. The van der Waals surface area contributed by atoms with E-state index in [1.54, 1.807) is 0 Å². The molecule has 0 saturated carbocycles. The van der Waals surface area contributed by atoms with Gasteiger partial charge in [0.15, 0.2) is 11.9 Å². The van der Waals surface area contributed by atoms with Gasteiger partial charge in [-0.05, 0) is 0 Å². The molecular formula is C16H15N3O4. The predicted molar refractivity (Wildman–Crippen MR) is 80.7 cm³/mol. The van der Waals surface area contributed by atoms with E-state index < -0.39 is 17.9 Å². The van der Waals surface area contributed by atoms with E-state index in [0.717, 1.165) is 5.56 Å². The van der Waals surface area contributed by atoms with E-state index in [1.807, 2.05) is 30.3 Å². The minimum atomic E-state index is -1.08. The Balaban J connectivity index is 1.81. The third-order valence-electron chi connectivity index (χ3n) is 3.61. The summed E-state index contributed by atoms with van der Waals surface area (Å²) in [7, 11) is 0. The molecule has 2 aromatic rings. The van der Waals surface area contributed by atoms with E-state index in [4.69, 9.17) is 4.74 Å². The highest BCUT2D eigenvalue weighted by Crippen LogP contribution is 2.16. The molecule has 23 heavy (non-hydrogen) atoms. The second kappa shape index (κ2) is 6.53. The van der Waals surface area contributed by atoms with Crippen LogP contribution in [0.3, 0.4) is 0 Å². The number of carbonyl (C=O) groups excluding carboxylic acids is 1. The fourth-order valence-corrected chi connectivity index (χ4v) is 2.39. The zero-order valence-electron chi connectivity index (χ0n) is 12.3. The number of carbonyl (C=O) groups is 2. The van der Waals surface area contributed by atoms with Crippen LogP contribution in [-0.4, -0.2) is 57.7 Å². The number of aliphatic carboxylic acids is 1. The first-order chi connectivity index (χ1) is 11.2. The first-order valence-corrected chi connectivity index (χ1v) is 7.16. The van der Waals surface area contributed by atoms with E-state index in [-0.39, 0.29) is 18.7 Å². The maximum Gasteiger partial charge on any atom is 0.328 e. The second-order valence-corrected chi connectivity index (χ2v) is 5.09. The molecule has 0 spiro atoms. The Morgan fingerprint density at radius 3 is 2.52 bits per heavy atom. The number of hydrogen-bond donors (Lipinski definition) is 1. The Hall–Kier alpha value is -2.80. The summed E-state index contributed by atoms with van der Waals surface area (Å²) in [6.07, 6.45) is 2.85. The fourth-order valence-electron chi connectivity index (χ4n) is 2.39. The van der Waals surface area contributed by atoms with Crippen molar-refractivity contribution >= 4 is 11.9 Å². The van der Waals surface area contributed by atoms with Gasteiger partial charge < -0.3 is 14.7 Å². The molecule has 3 rings (SSSR count). The number of morpholine rings is 1. The molecule has 1 N–H and O–H groups in total. The third-order valence-corrected chi connectivity index (χ3v) is 3.61. The highest BCUT2D eigenvalue weighted by atomic mass is 16.5. The summed E-state index contributed by atoms with van der Waals surface area (Å²) >= 11 is 0. The van der Waals surface area contributed by atoms with Crippen molar-refractivity contribution in [2.24, 2.45) is 0 Å². The Labute approximate surface area is 132 Å². The van der Waals surface area contributed by atoms with Gasteiger partial charge in [0.25, 0.3) is 5.91 Å². The van der Waals surface area contributed by atoms with Crippen molar-refractivity contribution in [3.8, 4) is 11.4 Å². The van der Waals surface area contributed by atoms with Crippen LogP contribution in [0.5, 0.6) is 0 Å². The van der Waals surface area contributed by atoms with E-state index in [1.165, 1.54) is 17.3 Å². The summed E-state index contributed by atoms with van der Waals surface area (Å²) in [5.41, 5.74) is 1.11. The van der Waals surface area contributed by atoms with Crippen molar-refractivity contribution < 1.29 is 19.4 Å². The average Bonchev–Trinajstić information content (AvgIpc) is 2.62. The van der Waals surface area contributed by atoms with Crippen LogP contribution in [0.2, 0.25) is 0 Å². The maximum absolute atomic E-state index is 12.5. The van der Waals surface area contributed by atoms with Crippen LogP contribution in [0, 0.1) is 0 Å². The van der Waals surface area contributed by atoms with Crippen LogP contribution in [-0.2, 0) is 9.53 Å². The van der Waals surface area contributed by atoms with Crippen LogP contribution in [0.4, 0.5) is 0 Å². The minimum Gasteiger partial charge on any atom is -0.480 e. The molecule has 1 fully saturated rings. The normalized spacial score (nSPS) is 17.7. The number of nitrogens with zero attached hydrogens (tertiary/aromatic N) is 3. The lowest BCUT2D eigenvalue weighted by atomic mass is 10.2. The van der Waals surface area contributed by atoms with Gasteiger partial charge in [0.1, 0.15) is 0 Å². The molecule has 0 aliphatic carbocycles. The first-order valence-electron chi connectivity index (χ1n) is 7.16. The van der Waals surface area contributed by atoms with Gasteiger partial charge >= 0.3 is 5.97 Å². The zero-order valence-corrected chi connectivity index (χ0v) is 12.3. The number of benzene rings is 1. The quantitative estimate of drug-likeness (QED) is 0.911. The maximum atomic E-state index is 12.5. The van der Waals surface area contributed by atoms with Crippen LogP contribution in [0.1, 0.15) is 10.4 Å². The SMILES string of the molecule is O=C(O)C1COCCN1C(=O)c1cnc(-c2ccccc2)nc1. The molecule has 2 heterocycles.